The lowest BCUT2D eigenvalue weighted by Crippen LogP contribution is -2.27. The third kappa shape index (κ3) is 5.78. The Morgan fingerprint density at radius 3 is 2.53 bits per heavy atom. The molecule has 184 valence electrons. The maximum Gasteiger partial charge on any atom is 0.298 e. The molecule has 1 fully saturated rings. The molecule has 36 heavy (non-hydrogen) atoms. The predicted octanol–water partition coefficient (Wildman–Crippen LogP) is 7.94. The molecule has 0 aliphatic carbocycles. The Kier molecular flexibility index (Phi) is 8.41. The monoisotopic (exact) mass is 539 g/mol. The maximum atomic E-state index is 13.1. The molecule has 1 aliphatic rings. The zero-order valence-electron chi connectivity index (χ0n) is 19.5. The average molecular weight is 540 g/mol. The minimum Gasteiger partial charge on any atom is -0.490 e. The van der Waals surface area contributed by atoms with E-state index in [1.54, 1.807) is 42.5 Å². The number of amides is 2. The third-order valence-electron chi connectivity index (χ3n) is 5.31. The first kappa shape index (κ1) is 25.9. The van der Waals surface area contributed by atoms with Crippen molar-refractivity contribution in [3.63, 3.8) is 0 Å². The van der Waals surface area contributed by atoms with Crippen LogP contribution in [0.3, 0.4) is 0 Å². The first-order valence-electron chi connectivity index (χ1n) is 11.2. The van der Waals surface area contributed by atoms with Crippen molar-refractivity contribution in [3.05, 3.63) is 105 Å². The van der Waals surface area contributed by atoms with Gasteiger partial charge >= 0.3 is 0 Å². The largest absolute Gasteiger partial charge is 0.490 e. The zero-order chi connectivity index (χ0) is 25.7. The van der Waals surface area contributed by atoms with Gasteiger partial charge in [0.2, 0.25) is 0 Å². The number of allylic oxidation sites excluding steroid dienone is 1. The van der Waals surface area contributed by atoms with E-state index >= 15 is 0 Å². The molecule has 0 bridgehead atoms. The van der Waals surface area contributed by atoms with Crippen LogP contribution in [0.15, 0.2) is 78.2 Å². The SMILES string of the molecule is C=CCc1cc(/C=C2/SC(=O)N(c3cccc(Cl)c3)C2=O)cc(OCC)c1OCc1ccccc1Cl. The summed E-state index contributed by atoms with van der Waals surface area (Å²) in [5.41, 5.74) is 2.82. The van der Waals surface area contributed by atoms with Gasteiger partial charge in [0.25, 0.3) is 11.1 Å². The van der Waals surface area contributed by atoms with Crippen LogP contribution in [0.1, 0.15) is 23.6 Å². The van der Waals surface area contributed by atoms with E-state index in [-0.39, 0.29) is 11.8 Å². The van der Waals surface area contributed by atoms with Gasteiger partial charge in [-0.1, -0.05) is 53.5 Å². The molecule has 0 unspecified atom stereocenters. The van der Waals surface area contributed by atoms with Crippen LogP contribution in [-0.4, -0.2) is 17.8 Å². The highest BCUT2D eigenvalue weighted by molar-refractivity contribution is 8.19. The van der Waals surface area contributed by atoms with Crippen molar-refractivity contribution in [1.82, 2.24) is 0 Å². The minimum atomic E-state index is -0.408. The summed E-state index contributed by atoms with van der Waals surface area (Å²) in [6.45, 7) is 6.43. The molecule has 3 aromatic carbocycles. The van der Waals surface area contributed by atoms with Gasteiger partial charge < -0.3 is 9.47 Å². The molecular formula is C28H23Cl2NO4S. The number of benzene rings is 3. The number of hydrogen-bond acceptors (Lipinski definition) is 5. The van der Waals surface area contributed by atoms with Gasteiger partial charge in [0.05, 0.1) is 17.2 Å². The Morgan fingerprint density at radius 2 is 1.81 bits per heavy atom. The quantitative estimate of drug-likeness (QED) is 0.204. The van der Waals surface area contributed by atoms with Gasteiger partial charge in [0.15, 0.2) is 11.5 Å². The Labute approximate surface area is 224 Å². The molecule has 0 aromatic heterocycles. The summed E-state index contributed by atoms with van der Waals surface area (Å²) in [5.74, 6) is 0.708. The minimum absolute atomic E-state index is 0.266. The van der Waals surface area contributed by atoms with Crippen LogP contribution < -0.4 is 14.4 Å². The Bertz CT molecular complexity index is 1360. The molecule has 8 heteroatoms. The number of carbonyl (C=O) groups excluding carboxylic acids is 2. The fraction of sp³-hybridized carbons (Fsp3) is 0.143. The molecule has 5 nitrogen and oxygen atoms in total. The van der Waals surface area contributed by atoms with Crippen molar-refractivity contribution in [3.8, 4) is 11.5 Å². The second kappa shape index (κ2) is 11.7. The summed E-state index contributed by atoms with van der Waals surface area (Å²) in [6, 6.07) is 17.8. The van der Waals surface area contributed by atoms with Crippen LogP contribution in [-0.2, 0) is 17.8 Å². The van der Waals surface area contributed by atoms with E-state index in [1.165, 1.54) is 0 Å². The normalized spacial score (nSPS) is 14.4. The molecule has 1 heterocycles. The highest BCUT2D eigenvalue weighted by Crippen LogP contribution is 2.39. The molecule has 3 aromatic rings. The Morgan fingerprint density at radius 1 is 1.00 bits per heavy atom. The van der Waals surface area contributed by atoms with E-state index in [1.807, 2.05) is 37.3 Å². The van der Waals surface area contributed by atoms with E-state index in [9.17, 15) is 9.59 Å². The lowest BCUT2D eigenvalue weighted by molar-refractivity contribution is -0.113. The standard InChI is InChI=1S/C28H23Cl2NO4S/c1-3-8-19-13-18(14-24(34-4-2)26(19)35-17-20-9-5-6-12-23(20)30)15-25-27(32)31(28(33)36-25)22-11-7-10-21(29)16-22/h3,5-7,9-16H,1,4,8,17H2,2H3/b25-15+. The summed E-state index contributed by atoms with van der Waals surface area (Å²) >= 11 is 13.2. The fourth-order valence-electron chi connectivity index (χ4n) is 3.72. The number of thioether (sulfide) groups is 1. The predicted molar refractivity (Wildman–Crippen MR) is 147 cm³/mol. The molecule has 4 rings (SSSR count). The molecule has 1 aliphatic heterocycles. The second-order valence-corrected chi connectivity index (χ2v) is 9.65. The molecule has 2 amide bonds. The molecule has 1 saturated heterocycles. The fourth-order valence-corrected chi connectivity index (χ4v) is 4.94. The van der Waals surface area contributed by atoms with Crippen LogP contribution in [0.2, 0.25) is 10.0 Å². The van der Waals surface area contributed by atoms with Gasteiger partial charge in [-0.25, -0.2) is 4.90 Å². The summed E-state index contributed by atoms with van der Waals surface area (Å²) in [5, 5.41) is 0.677. The number of rotatable bonds is 9. The summed E-state index contributed by atoms with van der Waals surface area (Å²) in [6.07, 6.45) is 3.97. The Hall–Kier alpha value is -3.19. The number of imide groups is 1. The summed E-state index contributed by atoms with van der Waals surface area (Å²) < 4.78 is 12.1. The first-order valence-corrected chi connectivity index (χ1v) is 12.8. The second-order valence-electron chi connectivity index (χ2n) is 7.81. The smallest absolute Gasteiger partial charge is 0.298 e. The van der Waals surface area contributed by atoms with Gasteiger partial charge in [-0.05, 0) is 73.1 Å². The number of anilines is 1. The molecule has 0 radical (unpaired) electrons. The van der Waals surface area contributed by atoms with Gasteiger partial charge in [-0.2, -0.15) is 0 Å². The van der Waals surface area contributed by atoms with Crippen molar-refractivity contribution >= 4 is 57.9 Å². The first-order chi connectivity index (χ1) is 17.4. The van der Waals surface area contributed by atoms with Gasteiger partial charge in [0.1, 0.15) is 6.61 Å². The van der Waals surface area contributed by atoms with E-state index in [2.05, 4.69) is 6.58 Å². The summed E-state index contributed by atoms with van der Waals surface area (Å²) in [7, 11) is 0. The number of nitrogens with zero attached hydrogens (tertiary/aromatic N) is 1. The molecule has 0 atom stereocenters. The van der Waals surface area contributed by atoms with Gasteiger partial charge in [-0.15, -0.1) is 6.58 Å². The lowest BCUT2D eigenvalue weighted by atomic mass is 10.0. The zero-order valence-corrected chi connectivity index (χ0v) is 21.8. The summed E-state index contributed by atoms with van der Waals surface area (Å²) in [4.78, 5) is 27.2. The number of carbonyl (C=O) groups is 2. The van der Waals surface area contributed by atoms with Crippen LogP contribution in [0.25, 0.3) is 6.08 Å². The lowest BCUT2D eigenvalue weighted by Gasteiger charge is -2.17. The highest BCUT2D eigenvalue weighted by Gasteiger charge is 2.36. The number of hydrogen-bond donors (Lipinski definition) is 0. The van der Waals surface area contributed by atoms with Crippen molar-refractivity contribution < 1.29 is 19.1 Å². The van der Waals surface area contributed by atoms with Crippen LogP contribution in [0, 0.1) is 0 Å². The van der Waals surface area contributed by atoms with Gasteiger partial charge in [0, 0.05) is 21.2 Å². The van der Waals surface area contributed by atoms with E-state index in [0.29, 0.717) is 50.7 Å². The molecular weight excluding hydrogens is 517 g/mol. The van der Waals surface area contributed by atoms with E-state index in [4.69, 9.17) is 32.7 Å². The number of halogens is 2. The van der Waals surface area contributed by atoms with E-state index in [0.717, 1.165) is 27.8 Å². The van der Waals surface area contributed by atoms with Crippen molar-refractivity contribution in [1.29, 1.82) is 0 Å². The molecule has 0 N–H and O–H groups in total. The van der Waals surface area contributed by atoms with E-state index < -0.39 is 5.91 Å². The maximum absolute atomic E-state index is 13.1. The average Bonchev–Trinajstić information content (AvgIpc) is 3.12. The van der Waals surface area contributed by atoms with Crippen LogP contribution in [0.5, 0.6) is 11.5 Å². The Balaban J connectivity index is 1.67. The number of ether oxygens (including phenoxy) is 2. The molecule has 0 spiro atoms. The third-order valence-corrected chi connectivity index (χ3v) is 6.78. The highest BCUT2D eigenvalue weighted by atomic mass is 35.5. The molecule has 0 saturated carbocycles. The van der Waals surface area contributed by atoms with Crippen molar-refractivity contribution in [2.24, 2.45) is 0 Å². The topological polar surface area (TPSA) is 55.8 Å². The van der Waals surface area contributed by atoms with Crippen molar-refractivity contribution in [2.75, 3.05) is 11.5 Å². The van der Waals surface area contributed by atoms with Gasteiger partial charge in [-0.3, -0.25) is 9.59 Å². The van der Waals surface area contributed by atoms with Crippen molar-refractivity contribution in [2.45, 2.75) is 20.0 Å². The van der Waals surface area contributed by atoms with Crippen LogP contribution >= 0.6 is 35.0 Å². The van der Waals surface area contributed by atoms with Crippen LogP contribution in [0.4, 0.5) is 10.5 Å².